The zero-order chi connectivity index (χ0) is 14.6. The molecule has 0 spiro atoms. The van der Waals surface area contributed by atoms with Crippen LogP contribution in [0.2, 0.25) is 0 Å². The summed E-state index contributed by atoms with van der Waals surface area (Å²) in [5, 5.41) is 0. The second-order valence-electron chi connectivity index (χ2n) is 6.62. The highest BCUT2D eigenvalue weighted by Crippen LogP contribution is 2.25. The third kappa shape index (κ3) is 4.41. The summed E-state index contributed by atoms with van der Waals surface area (Å²) in [4.78, 5) is 13.8. The van der Waals surface area contributed by atoms with E-state index >= 15 is 0 Å². The van der Waals surface area contributed by atoms with E-state index in [1.165, 1.54) is 19.3 Å². The number of anilines is 1. The molecule has 0 aliphatic carbocycles. The van der Waals surface area contributed by atoms with Gasteiger partial charge in [-0.05, 0) is 31.6 Å². The lowest BCUT2D eigenvalue weighted by Crippen LogP contribution is -2.29. The lowest BCUT2D eigenvalue weighted by Gasteiger charge is -2.22. The van der Waals surface area contributed by atoms with Crippen LogP contribution in [-0.4, -0.2) is 13.6 Å². The highest BCUT2D eigenvalue weighted by molar-refractivity contribution is 7.71. The standard InChI is InChI=1S/C16H27NOS/c1-6-17(5)13-12(15(19)14(13)18)10-8-7-9-11-16(2,3)4/h6-11H2,1-5H3. The summed E-state index contributed by atoms with van der Waals surface area (Å²) < 4.78 is 0.575. The van der Waals surface area contributed by atoms with Crippen LogP contribution in [0.4, 0.5) is 5.69 Å². The van der Waals surface area contributed by atoms with E-state index < -0.39 is 0 Å². The number of unbranched alkanes of at least 4 members (excludes halogenated alkanes) is 2. The minimum absolute atomic E-state index is 0.0732. The van der Waals surface area contributed by atoms with Crippen LogP contribution in [0, 0.1) is 9.93 Å². The van der Waals surface area contributed by atoms with Gasteiger partial charge in [-0.3, -0.25) is 4.79 Å². The molecule has 0 amide bonds. The molecule has 3 heteroatoms. The highest BCUT2D eigenvalue weighted by Gasteiger charge is 2.19. The molecule has 0 N–H and O–H groups in total. The summed E-state index contributed by atoms with van der Waals surface area (Å²) in [5.41, 5.74) is 2.49. The van der Waals surface area contributed by atoms with Crippen LogP contribution in [0.3, 0.4) is 0 Å². The van der Waals surface area contributed by atoms with Crippen LogP contribution in [0.1, 0.15) is 58.9 Å². The smallest absolute Gasteiger partial charge is 0.220 e. The second kappa shape index (κ2) is 6.65. The molecule has 0 radical (unpaired) electrons. The topological polar surface area (TPSA) is 20.3 Å². The van der Waals surface area contributed by atoms with Crippen molar-refractivity contribution in [3.8, 4) is 0 Å². The summed E-state index contributed by atoms with van der Waals surface area (Å²) in [6.07, 6.45) is 5.85. The first-order valence-electron chi connectivity index (χ1n) is 7.31. The van der Waals surface area contributed by atoms with Gasteiger partial charge in [-0.2, -0.15) is 0 Å². The van der Waals surface area contributed by atoms with E-state index in [2.05, 4.69) is 27.7 Å². The van der Waals surface area contributed by atoms with Crippen molar-refractivity contribution >= 4 is 17.9 Å². The fourth-order valence-electron chi connectivity index (χ4n) is 2.35. The molecule has 0 aromatic heterocycles. The number of nitrogens with zero attached hydrogens (tertiary/aromatic N) is 1. The van der Waals surface area contributed by atoms with Gasteiger partial charge >= 0.3 is 0 Å². The predicted molar refractivity (Wildman–Crippen MR) is 86.5 cm³/mol. The van der Waals surface area contributed by atoms with Gasteiger partial charge in [0.2, 0.25) is 5.43 Å². The first-order valence-corrected chi connectivity index (χ1v) is 7.72. The number of hydrogen-bond donors (Lipinski definition) is 0. The van der Waals surface area contributed by atoms with Gasteiger partial charge in [0.15, 0.2) is 0 Å². The molecule has 0 atom stereocenters. The zero-order valence-corrected chi connectivity index (χ0v) is 13.8. The van der Waals surface area contributed by atoms with Gasteiger partial charge in [-0.1, -0.05) is 45.8 Å². The monoisotopic (exact) mass is 281 g/mol. The summed E-state index contributed by atoms with van der Waals surface area (Å²) in [6, 6.07) is 0. The van der Waals surface area contributed by atoms with Crippen LogP contribution >= 0.6 is 12.2 Å². The maximum absolute atomic E-state index is 11.8. The maximum atomic E-state index is 11.8. The van der Waals surface area contributed by atoms with E-state index in [9.17, 15) is 4.79 Å². The number of hydrogen-bond acceptors (Lipinski definition) is 3. The lowest BCUT2D eigenvalue weighted by molar-refractivity contribution is 0.358. The maximum Gasteiger partial charge on any atom is 0.220 e. The molecule has 0 bridgehead atoms. The SMILES string of the molecule is CCN(C)c1c(CCCCCC(C)(C)C)c(=S)c1=O. The minimum atomic E-state index is 0.0732. The van der Waals surface area contributed by atoms with E-state index in [0.717, 1.165) is 30.6 Å². The Morgan fingerprint density at radius 3 is 2.32 bits per heavy atom. The first-order chi connectivity index (χ1) is 8.78. The molecule has 1 rings (SSSR count). The Morgan fingerprint density at radius 2 is 1.79 bits per heavy atom. The Kier molecular flexibility index (Phi) is 5.72. The van der Waals surface area contributed by atoms with Crippen molar-refractivity contribution < 1.29 is 0 Å². The van der Waals surface area contributed by atoms with Gasteiger partial charge in [0.25, 0.3) is 0 Å². The summed E-state index contributed by atoms with van der Waals surface area (Å²) in [5.74, 6) is 0. The fourth-order valence-corrected chi connectivity index (χ4v) is 2.65. The van der Waals surface area contributed by atoms with E-state index in [1.54, 1.807) is 0 Å². The number of rotatable bonds is 7. The molecule has 0 aliphatic heterocycles. The van der Waals surface area contributed by atoms with Crippen LogP contribution in [-0.2, 0) is 6.42 Å². The van der Waals surface area contributed by atoms with Crippen LogP contribution < -0.4 is 10.3 Å². The lowest BCUT2D eigenvalue weighted by atomic mass is 9.89. The Labute approximate surface area is 122 Å². The van der Waals surface area contributed by atoms with Crippen molar-refractivity contribution in [3.05, 3.63) is 20.3 Å². The predicted octanol–water partition coefficient (Wildman–Crippen LogP) is 4.26. The largest absolute Gasteiger partial charge is 0.371 e. The molecule has 0 saturated heterocycles. The fraction of sp³-hybridized carbons (Fsp3) is 0.750. The third-order valence-corrected chi connectivity index (χ3v) is 4.12. The van der Waals surface area contributed by atoms with Gasteiger partial charge in [0, 0.05) is 19.2 Å². The van der Waals surface area contributed by atoms with Gasteiger partial charge in [-0.15, -0.1) is 0 Å². The van der Waals surface area contributed by atoms with Crippen LogP contribution in [0.5, 0.6) is 0 Å². The Bertz CT molecular complexity index is 477. The van der Waals surface area contributed by atoms with Crippen LogP contribution in [0.15, 0.2) is 4.79 Å². The summed E-state index contributed by atoms with van der Waals surface area (Å²) in [6.45, 7) is 9.76. The molecule has 19 heavy (non-hydrogen) atoms. The van der Waals surface area contributed by atoms with Gasteiger partial charge in [-0.25, -0.2) is 0 Å². The third-order valence-electron chi connectivity index (χ3n) is 3.69. The normalized spacial score (nSPS) is 12.1. The van der Waals surface area contributed by atoms with Crippen LogP contribution in [0.25, 0.3) is 0 Å². The van der Waals surface area contributed by atoms with Crippen molar-refractivity contribution in [1.29, 1.82) is 0 Å². The quantitative estimate of drug-likeness (QED) is 0.550. The average molecular weight is 281 g/mol. The summed E-state index contributed by atoms with van der Waals surface area (Å²) in [7, 11) is 1.97. The molecule has 0 fully saturated rings. The Balaban J connectivity index is 2.45. The molecule has 0 unspecified atom stereocenters. The molecular formula is C16H27NOS. The van der Waals surface area contributed by atoms with Gasteiger partial charge in [0.1, 0.15) is 0 Å². The van der Waals surface area contributed by atoms with E-state index in [-0.39, 0.29) is 5.43 Å². The van der Waals surface area contributed by atoms with Crippen molar-refractivity contribution in [1.82, 2.24) is 0 Å². The van der Waals surface area contributed by atoms with E-state index in [1.807, 2.05) is 11.9 Å². The molecule has 1 aromatic carbocycles. The molecule has 0 aliphatic rings. The molecule has 0 heterocycles. The van der Waals surface area contributed by atoms with Crippen molar-refractivity contribution in [2.45, 2.75) is 59.8 Å². The molecule has 1 aromatic rings. The van der Waals surface area contributed by atoms with Crippen molar-refractivity contribution in [2.24, 2.45) is 5.41 Å². The van der Waals surface area contributed by atoms with Crippen molar-refractivity contribution in [2.75, 3.05) is 18.5 Å². The molecule has 0 saturated carbocycles. The summed E-state index contributed by atoms with van der Waals surface area (Å²) >= 11 is 5.18. The van der Waals surface area contributed by atoms with Gasteiger partial charge in [0.05, 0.1) is 10.2 Å². The highest BCUT2D eigenvalue weighted by atomic mass is 32.1. The molecule has 2 nitrogen and oxygen atoms in total. The van der Waals surface area contributed by atoms with Gasteiger partial charge < -0.3 is 4.90 Å². The first kappa shape index (κ1) is 16.4. The van der Waals surface area contributed by atoms with E-state index in [4.69, 9.17) is 12.2 Å². The Morgan fingerprint density at radius 1 is 1.16 bits per heavy atom. The second-order valence-corrected chi connectivity index (χ2v) is 7.03. The Hall–Kier alpha value is -0.700. The average Bonchev–Trinajstić information content (AvgIpc) is 2.34. The molecular weight excluding hydrogens is 254 g/mol. The minimum Gasteiger partial charge on any atom is -0.371 e. The van der Waals surface area contributed by atoms with Crippen molar-refractivity contribution in [3.63, 3.8) is 0 Å². The zero-order valence-electron chi connectivity index (χ0n) is 13.0. The molecule has 108 valence electrons. The van der Waals surface area contributed by atoms with E-state index in [0.29, 0.717) is 9.93 Å².